The summed E-state index contributed by atoms with van der Waals surface area (Å²) in [4.78, 5) is 16.5. The molecule has 1 fully saturated rings. The maximum Gasteiger partial charge on any atom is 0.357 e. The Morgan fingerprint density at radius 1 is 1.75 bits per heavy atom. The summed E-state index contributed by atoms with van der Waals surface area (Å²) in [7, 11) is 0. The molecule has 0 radical (unpaired) electrons. The van der Waals surface area contributed by atoms with Crippen molar-refractivity contribution in [1.29, 1.82) is 0 Å². The van der Waals surface area contributed by atoms with Crippen LogP contribution in [0.4, 0.5) is 6.01 Å². The van der Waals surface area contributed by atoms with Gasteiger partial charge in [0.2, 0.25) is 0 Å². The number of carboxylic acids is 1. The Labute approximate surface area is 92.8 Å². The second-order valence-electron chi connectivity index (χ2n) is 3.62. The van der Waals surface area contributed by atoms with Gasteiger partial charge < -0.3 is 19.2 Å². The molecule has 1 N–H and O–H groups in total. The average molecular weight is 226 g/mol. The Balaban J connectivity index is 2.15. The van der Waals surface area contributed by atoms with Gasteiger partial charge in [-0.25, -0.2) is 4.79 Å². The van der Waals surface area contributed by atoms with Gasteiger partial charge in [-0.2, -0.15) is 4.98 Å². The van der Waals surface area contributed by atoms with Gasteiger partial charge in [-0.15, -0.1) is 0 Å². The van der Waals surface area contributed by atoms with Crippen molar-refractivity contribution >= 4 is 12.0 Å². The third kappa shape index (κ3) is 2.01. The molecule has 88 valence electrons. The Bertz CT molecular complexity index is 371. The summed E-state index contributed by atoms with van der Waals surface area (Å²) in [6.45, 7) is 4.06. The zero-order valence-corrected chi connectivity index (χ0v) is 9.05. The summed E-state index contributed by atoms with van der Waals surface area (Å²) in [5.74, 6) is -1.08. The lowest BCUT2D eigenvalue weighted by Crippen LogP contribution is -2.35. The highest BCUT2D eigenvalue weighted by Gasteiger charge is 2.26. The van der Waals surface area contributed by atoms with E-state index in [-0.39, 0.29) is 11.7 Å². The number of rotatable bonds is 4. The number of likely N-dealkylation sites (N-methyl/N-ethyl adjacent to an activating group) is 1. The fraction of sp³-hybridized carbons (Fsp3) is 0.600. The van der Waals surface area contributed by atoms with Crippen molar-refractivity contribution < 1.29 is 19.1 Å². The molecule has 2 heterocycles. The third-order valence-corrected chi connectivity index (χ3v) is 2.64. The van der Waals surface area contributed by atoms with Crippen LogP contribution in [0.1, 0.15) is 23.8 Å². The Morgan fingerprint density at radius 3 is 3.06 bits per heavy atom. The lowest BCUT2D eigenvalue weighted by atomic mass is 10.2. The molecule has 0 saturated carbocycles. The van der Waals surface area contributed by atoms with Gasteiger partial charge in [-0.3, -0.25) is 0 Å². The molecule has 0 spiro atoms. The first-order valence-corrected chi connectivity index (χ1v) is 5.25. The van der Waals surface area contributed by atoms with Gasteiger partial charge in [0.05, 0.1) is 12.6 Å². The topological polar surface area (TPSA) is 75.8 Å². The molecule has 1 aromatic rings. The maximum atomic E-state index is 10.7. The van der Waals surface area contributed by atoms with Crippen LogP contribution in [0.3, 0.4) is 0 Å². The molecule has 1 saturated heterocycles. The number of aromatic carboxylic acids is 1. The van der Waals surface area contributed by atoms with Gasteiger partial charge in [-0.1, -0.05) is 0 Å². The summed E-state index contributed by atoms with van der Waals surface area (Å²) in [6, 6.07) is 0.584. The number of oxazole rings is 1. The average Bonchev–Trinajstić information content (AvgIpc) is 2.88. The van der Waals surface area contributed by atoms with Crippen molar-refractivity contribution in [2.75, 3.05) is 24.7 Å². The van der Waals surface area contributed by atoms with E-state index in [2.05, 4.69) is 4.98 Å². The van der Waals surface area contributed by atoms with Crippen LogP contribution in [0.25, 0.3) is 0 Å². The van der Waals surface area contributed by atoms with E-state index < -0.39 is 5.97 Å². The first kappa shape index (κ1) is 10.9. The van der Waals surface area contributed by atoms with Crippen LogP contribution in [0.5, 0.6) is 0 Å². The maximum absolute atomic E-state index is 10.7. The summed E-state index contributed by atoms with van der Waals surface area (Å²) >= 11 is 0. The minimum atomic E-state index is -1.08. The van der Waals surface area contributed by atoms with Crippen LogP contribution in [0, 0.1) is 0 Å². The van der Waals surface area contributed by atoms with Gasteiger partial charge in [0.25, 0.3) is 6.01 Å². The van der Waals surface area contributed by atoms with Crippen LogP contribution in [0.15, 0.2) is 10.7 Å². The number of hydrogen-bond donors (Lipinski definition) is 1. The minimum absolute atomic E-state index is 0.0626. The molecule has 0 amide bonds. The number of ether oxygens (including phenoxy) is 1. The number of carboxylic acid groups (broad SMARTS) is 1. The fourth-order valence-electron chi connectivity index (χ4n) is 1.81. The highest BCUT2D eigenvalue weighted by Crippen LogP contribution is 2.20. The number of nitrogens with zero attached hydrogens (tertiary/aromatic N) is 2. The molecule has 2 rings (SSSR count). The molecule has 1 aliphatic heterocycles. The quantitative estimate of drug-likeness (QED) is 0.825. The standard InChI is InChI=1S/C10H14N2O4/c1-2-12(7-3-4-15-5-7)10-11-8(6-16-10)9(13)14/h6-7H,2-5H2,1H3,(H,13,14). The van der Waals surface area contributed by atoms with Crippen molar-refractivity contribution in [3.05, 3.63) is 12.0 Å². The van der Waals surface area contributed by atoms with Crippen LogP contribution >= 0.6 is 0 Å². The Morgan fingerprint density at radius 2 is 2.56 bits per heavy atom. The van der Waals surface area contributed by atoms with E-state index in [1.165, 1.54) is 0 Å². The largest absolute Gasteiger partial charge is 0.476 e. The molecule has 0 aromatic carbocycles. The Hall–Kier alpha value is -1.56. The predicted molar refractivity (Wildman–Crippen MR) is 55.7 cm³/mol. The van der Waals surface area contributed by atoms with Crippen molar-refractivity contribution in [1.82, 2.24) is 4.98 Å². The smallest absolute Gasteiger partial charge is 0.357 e. The zero-order valence-electron chi connectivity index (χ0n) is 9.05. The van der Waals surface area contributed by atoms with E-state index in [0.717, 1.165) is 19.3 Å². The van der Waals surface area contributed by atoms with Crippen LogP contribution in [-0.4, -0.2) is 41.9 Å². The Kier molecular flexibility index (Phi) is 3.09. The lowest BCUT2D eigenvalue weighted by Gasteiger charge is -2.24. The molecular weight excluding hydrogens is 212 g/mol. The summed E-state index contributed by atoms with van der Waals surface area (Å²) in [5, 5.41) is 8.75. The summed E-state index contributed by atoms with van der Waals surface area (Å²) in [6.07, 6.45) is 2.08. The molecule has 16 heavy (non-hydrogen) atoms. The van der Waals surface area contributed by atoms with E-state index in [4.69, 9.17) is 14.3 Å². The van der Waals surface area contributed by atoms with Crippen LogP contribution in [-0.2, 0) is 4.74 Å². The molecule has 0 bridgehead atoms. The highest BCUT2D eigenvalue weighted by molar-refractivity contribution is 5.85. The second-order valence-corrected chi connectivity index (χ2v) is 3.62. The molecule has 1 unspecified atom stereocenters. The molecule has 1 aliphatic rings. The normalized spacial score (nSPS) is 19.9. The first-order chi connectivity index (χ1) is 7.72. The van der Waals surface area contributed by atoms with Crippen molar-refractivity contribution in [2.45, 2.75) is 19.4 Å². The van der Waals surface area contributed by atoms with Gasteiger partial charge in [-0.05, 0) is 13.3 Å². The van der Waals surface area contributed by atoms with Crippen LogP contribution in [0.2, 0.25) is 0 Å². The second kappa shape index (κ2) is 4.52. The zero-order chi connectivity index (χ0) is 11.5. The number of carbonyl (C=O) groups is 1. The van der Waals surface area contributed by atoms with E-state index in [9.17, 15) is 4.79 Å². The van der Waals surface area contributed by atoms with Gasteiger partial charge in [0, 0.05) is 13.2 Å². The number of anilines is 1. The van der Waals surface area contributed by atoms with E-state index in [0.29, 0.717) is 19.2 Å². The van der Waals surface area contributed by atoms with E-state index in [1.54, 1.807) is 0 Å². The van der Waals surface area contributed by atoms with Gasteiger partial charge >= 0.3 is 5.97 Å². The van der Waals surface area contributed by atoms with Gasteiger partial charge in [0.15, 0.2) is 5.69 Å². The molecule has 1 aromatic heterocycles. The van der Waals surface area contributed by atoms with Gasteiger partial charge in [0.1, 0.15) is 6.26 Å². The number of aromatic nitrogens is 1. The minimum Gasteiger partial charge on any atom is -0.476 e. The molecular formula is C10H14N2O4. The first-order valence-electron chi connectivity index (χ1n) is 5.25. The number of hydrogen-bond acceptors (Lipinski definition) is 5. The van der Waals surface area contributed by atoms with E-state index >= 15 is 0 Å². The predicted octanol–water partition coefficient (Wildman–Crippen LogP) is 0.988. The van der Waals surface area contributed by atoms with Crippen LogP contribution < -0.4 is 4.90 Å². The fourth-order valence-corrected chi connectivity index (χ4v) is 1.81. The van der Waals surface area contributed by atoms with Crippen molar-refractivity contribution in [2.24, 2.45) is 0 Å². The highest BCUT2D eigenvalue weighted by atomic mass is 16.5. The third-order valence-electron chi connectivity index (χ3n) is 2.64. The molecule has 6 nitrogen and oxygen atoms in total. The molecule has 6 heteroatoms. The summed E-state index contributed by atoms with van der Waals surface area (Å²) < 4.78 is 10.5. The lowest BCUT2D eigenvalue weighted by molar-refractivity contribution is 0.0690. The van der Waals surface area contributed by atoms with Crippen molar-refractivity contribution in [3.8, 4) is 0 Å². The van der Waals surface area contributed by atoms with E-state index in [1.807, 2.05) is 11.8 Å². The molecule has 1 atom stereocenters. The molecule has 0 aliphatic carbocycles. The SMILES string of the molecule is CCN(c1nc(C(=O)O)co1)C1CCOC1. The van der Waals surface area contributed by atoms with Crippen molar-refractivity contribution in [3.63, 3.8) is 0 Å². The summed E-state index contributed by atoms with van der Waals surface area (Å²) in [5.41, 5.74) is -0.0626. The monoisotopic (exact) mass is 226 g/mol.